The van der Waals surface area contributed by atoms with E-state index in [0.717, 1.165) is 28.7 Å². The Morgan fingerprint density at radius 2 is 1.94 bits per heavy atom. The summed E-state index contributed by atoms with van der Waals surface area (Å²) in [6.07, 6.45) is 7.63. The molecule has 1 fully saturated rings. The molecule has 1 aliphatic rings. The highest BCUT2D eigenvalue weighted by atomic mass is 16.5. The van der Waals surface area contributed by atoms with Gasteiger partial charge in [0, 0.05) is 55.3 Å². The lowest BCUT2D eigenvalue weighted by atomic mass is 10.1. The Labute approximate surface area is 190 Å². The molecular formula is C23H22N6O2. The minimum atomic E-state index is -3.23. The van der Waals surface area contributed by atoms with Crippen LogP contribution >= 0.6 is 0 Å². The Kier molecular flexibility index (Phi) is 3.26. The molecule has 0 aliphatic carbocycles. The van der Waals surface area contributed by atoms with Crippen LogP contribution < -0.4 is 4.90 Å². The third-order valence-electron chi connectivity index (χ3n) is 4.79. The van der Waals surface area contributed by atoms with Gasteiger partial charge in [0.2, 0.25) is 0 Å². The number of carbonyl (C=O) groups is 1. The van der Waals surface area contributed by atoms with Crippen molar-refractivity contribution in [3.05, 3.63) is 66.6 Å². The first-order valence-electron chi connectivity index (χ1n) is 13.4. The van der Waals surface area contributed by atoms with Gasteiger partial charge in [-0.15, -0.1) is 0 Å². The van der Waals surface area contributed by atoms with Gasteiger partial charge in [0.05, 0.1) is 54.4 Å². The number of pyridine rings is 3. The van der Waals surface area contributed by atoms with Gasteiger partial charge in [0.15, 0.2) is 5.78 Å². The van der Waals surface area contributed by atoms with Gasteiger partial charge in [-0.2, -0.15) is 0 Å². The van der Waals surface area contributed by atoms with Crippen molar-refractivity contribution in [3.8, 4) is 11.4 Å². The number of morpholine rings is 1. The predicted molar refractivity (Wildman–Crippen MR) is 117 cm³/mol. The number of hydrogen-bond acceptors (Lipinski definition) is 7. The second-order valence-electron chi connectivity index (χ2n) is 6.85. The van der Waals surface area contributed by atoms with Crippen LogP contribution in [0.1, 0.15) is 27.0 Å². The number of hydrogen-bond donors (Lipinski definition) is 0. The first-order valence-corrected chi connectivity index (χ1v) is 9.35. The van der Waals surface area contributed by atoms with Gasteiger partial charge in [-0.1, -0.05) is 0 Å². The zero-order chi connectivity index (χ0) is 28.4. The number of anilines is 1. The lowest BCUT2D eigenvalue weighted by molar-refractivity contribution is 0.0992. The molecule has 1 saturated heterocycles. The van der Waals surface area contributed by atoms with Gasteiger partial charge in [-0.3, -0.25) is 14.8 Å². The number of Topliss-reactive ketones (excluding diaryl/α,β-unsaturated/α-hetero) is 1. The average Bonchev–Trinajstić information content (AvgIpc) is 3.28. The number of carbonyl (C=O) groups excluding carboxylic acids is 1. The summed E-state index contributed by atoms with van der Waals surface area (Å²) in [7, 11) is 1.85. The summed E-state index contributed by atoms with van der Waals surface area (Å²) in [5.41, 5.74) is 1.98. The van der Waals surface area contributed by atoms with E-state index in [4.69, 9.17) is 11.0 Å². The van der Waals surface area contributed by atoms with Crippen LogP contribution in [0.2, 0.25) is 0 Å². The minimum absolute atomic E-state index is 0.0337. The van der Waals surface area contributed by atoms with Crippen LogP contribution in [0.15, 0.2) is 55.4 Å². The van der Waals surface area contributed by atoms with Gasteiger partial charge in [0.1, 0.15) is 5.82 Å². The van der Waals surface area contributed by atoms with Crippen molar-refractivity contribution in [1.82, 2.24) is 24.5 Å². The number of aromatic nitrogens is 5. The maximum atomic E-state index is 13.2. The molecule has 0 unspecified atom stereocenters. The summed E-state index contributed by atoms with van der Waals surface area (Å²) < 4.78 is 70.7. The lowest BCUT2D eigenvalue weighted by Crippen LogP contribution is -2.36. The van der Waals surface area contributed by atoms with E-state index in [1.165, 1.54) is 6.07 Å². The number of fused-ring (bicyclic) bond motifs is 1. The molecule has 0 radical (unpaired) electrons. The van der Waals surface area contributed by atoms with Gasteiger partial charge < -0.3 is 14.2 Å². The number of ether oxygens (including phenoxy) is 1. The van der Waals surface area contributed by atoms with E-state index in [0.29, 0.717) is 11.4 Å². The van der Waals surface area contributed by atoms with Crippen molar-refractivity contribution in [2.24, 2.45) is 7.05 Å². The Balaban J connectivity index is 1.46. The van der Waals surface area contributed by atoms with Crippen LogP contribution in [-0.2, 0) is 18.2 Å². The fourth-order valence-corrected chi connectivity index (χ4v) is 3.21. The maximum Gasteiger partial charge on any atom is 0.169 e. The molecule has 8 nitrogen and oxygen atoms in total. The van der Waals surface area contributed by atoms with E-state index in [1.807, 2.05) is 17.7 Å². The summed E-state index contributed by atoms with van der Waals surface area (Å²) in [5.74, 6) is -0.905. The fourth-order valence-electron chi connectivity index (χ4n) is 3.21. The summed E-state index contributed by atoms with van der Waals surface area (Å²) in [6.45, 7) is -12.8. The summed E-state index contributed by atoms with van der Waals surface area (Å²) in [4.78, 5) is 30.2. The smallest absolute Gasteiger partial charge is 0.169 e. The molecule has 156 valence electrons. The Hall–Kier alpha value is -3.65. The van der Waals surface area contributed by atoms with E-state index < -0.39 is 37.7 Å². The molecule has 0 amide bonds. The Bertz CT molecular complexity index is 1570. The lowest BCUT2D eigenvalue weighted by Gasteiger charge is -2.27. The first kappa shape index (κ1) is 12.3. The van der Waals surface area contributed by atoms with Gasteiger partial charge in [-0.25, -0.2) is 9.97 Å². The third-order valence-corrected chi connectivity index (χ3v) is 4.79. The second-order valence-corrected chi connectivity index (χ2v) is 6.85. The zero-order valence-corrected chi connectivity index (χ0v) is 16.4. The van der Waals surface area contributed by atoms with Gasteiger partial charge in [0.25, 0.3) is 0 Å². The van der Waals surface area contributed by atoms with E-state index in [1.54, 1.807) is 31.0 Å². The minimum Gasteiger partial charge on any atom is -0.378 e. The molecule has 0 bridgehead atoms. The average molecular weight is 423 g/mol. The normalized spacial score (nSPS) is 24.5. The molecule has 8 heteroatoms. The Morgan fingerprint density at radius 1 is 1.10 bits per heavy atom. The molecule has 0 aromatic carbocycles. The first-order chi connectivity index (χ1) is 18.1. The molecule has 5 heterocycles. The molecule has 4 aromatic rings. The zero-order valence-electron chi connectivity index (χ0n) is 24.4. The van der Waals surface area contributed by atoms with Crippen LogP contribution in [0.25, 0.3) is 22.2 Å². The molecule has 0 N–H and O–H groups in total. The van der Waals surface area contributed by atoms with Gasteiger partial charge >= 0.3 is 0 Å². The van der Waals surface area contributed by atoms with Crippen LogP contribution in [0.3, 0.4) is 0 Å². The SMILES string of the molecule is [2H]C1([2H])OC([2H])([2H])C([2H])([2H])N(c2cc(C(=O)Cc3cc4cc(-c5cncn5C)ncc4cn3)ccn2)C1([2H])[2H]. The number of imidazole rings is 1. The molecule has 31 heavy (non-hydrogen) atoms. The molecule has 5 rings (SSSR count). The number of ketones is 1. The summed E-state index contributed by atoms with van der Waals surface area (Å²) in [6, 6.07) is 6.06. The molecular weight excluding hydrogens is 392 g/mol. The van der Waals surface area contributed by atoms with E-state index in [9.17, 15) is 4.79 Å². The molecule has 0 saturated carbocycles. The fraction of sp³-hybridized carbons (Fsp3) is 0.261. The molecule has 0 spiro atoms. The highest BCUT2D eigenvalue weighted by molar-refractivity contribution is 5.98. The standard InChI is InChI=1S/C23H22N6O2/c1-28-15-24-14-21(28)20-9-17-8-19(26-12-18(17)13-27-20)11-22(30)16-2-3-25-23(10-16)29-4-6-31-7-5-29/h2-3,8-10,12-15H,4-7,11H2,1H3/i4D2,5D2,6D2,7D2. The maximum absolute atomic E-state index is 13.2. The van der Waals surface area contributed by atoms with Crippen molar-refractivity contribution < 1.29 is 20.5 Å². The van der Waals surface area contributed by atoms with Crippen molar-refractivity contribution in [3.63, 3.8) is 0 Å². The molecule has 4 aromatic heterocycles. The van der Waals surface area contributed by atoms with Gasteiger partial charge in [-0.05, 0) is 29.7 Å². The van der Waals surface area contributed by atoms with Crippen LogP contribution in [0.4, 0.5) is 5.82 Å². The van der Waals surface area contributed by atoms with Crippen molar-refractivity contribution in [2.45, 2.75) is 6.42 Å². The van der Waals surface area contributed by atoms with E-state index in [2.05, 4.69) is 24.7 Å². The number of aryl methyl sites for hydroxylation is 1. The van der Waals surface area contributed by atoms with Crippen molar-refractivity contribution in [1.29, 1.82) is 0 Å². The van der Waals surface area contributed by atoms with Crippen LogP contribution in [-0.4, -0.2) is 56.4 Å². The summed E-state index contributed by atoms with van der Waals surface area (Å²) in [5, 5.41) is 1.57. The van der Waals surface area contributed by atoms with E-state index in [-0.39, 0.29) is 16.9 Å². The predicted octanol–water partition coefficient (Wildman–Crippen LogP) is 2.69. The van der Waals surface area contributed by atoms with Crippen molar-refractivity contribution >= 4 is 22.4 Å². The van der Waals surface area contributed by atoms with Crippen LogP contribution in [0.5, 0.6) is 0 Å². The number of rotatable bonds is 5. The molecule has 1 aliphatic heterocycles. The topological polar surface area (TPSA) is 86.0 Å². The van der Waals surface area contributed by atoms with Crippen LogP contribution in [0, 0.1) is 0 Å². The quantitative estimate of drug-likeness (QED) is 0.457. The second kappa shape index (κ2) is 8.23. The monoisotopic (exact) mass is 422 g/mol. The Morgan fingerprint density at radius 3 is 2.74 bits per heavy atom. The van der Waals surface area contributed by atoms with E-state index >= 15 is 0 Å². The summed E-state index contributed by atoms with van der Waals surface area (Å²) >= 11 is 0. The molecule has 0 atom stereocenters. The highest BCUT2D eigenvalue weighted by Gasteiger charge is 2.15. The largest absolute Gasteiger partial charge is 0.378 e. The highest BCUT2D eigenvalue weighted by Crippen LogP contribution is 2.22. The number of nitrogens with zero attached hydrogens (tertiary/aromatic N) is 6. The third kappa shape index (κ3) is 4.02. The van der Waals surface area contributed by atoms with Crippen molar-refractivity contribution in [2.75, 3.05) is 31.0 Å².